The standard InChI is InChI=1S/C10F21.FH.Mg/c11-1(12)2(13,14)3(15,16)4(17,18)5(19,20)6(21,22)7(23,24)8(25,26)9(27,28)10(29,30)31;;/h;1H;/q-1;;+2/p-1. The van der Waals surface area contributed by atoms with Crippen LogP contribution in [0, 0.1) is 6.43 Å². The molecule has 0 aliphatic carbocycles. The molecule has 0 heterocycles. The molecule has 0 rings (SSSR count). The van der Waals surface area contributed by atoms with Crippen molar-refractivity contribution in [2.75, 3.05) is 0 Å². The predicted molar refractivity (Wildman–Crippen MR) is 56.8 cm³/mol. The largest absolute Gasteiger partial charge is 2.00 e. The van der Waals surface area contributed by atoms with E-state index in [9.17, 15) is 92.2 Å². The van der Waals surface area contributed by atoms with Crippen LogP contribution in [-0.4, -0.2) is 76.6 Å². The van der Waals surface area contributed by atoms with E-state index in [0.717, 1.165) is 0 Å². The molecule has 0 aromatic heterocycles. The van der Waals surface area contributed by atoms with E-state index in [1.807, 2.05) is 0 Å². The van der Waals surface area contributed by atoms with E-state index < -0.39 is 60.0 Å². The Morgan fingerprint density at radius 3 is 0.697 bits per heavy atom. The third-order valence-electron chi connectivity index (χ3n) is 3.35. The van der Waals surface area contributed by atoms with Gasteiger partial charge in [-0.3, -0.25) is 0 Å². The number of alkyl halides is 19. The monoisotopic (exact) mass is 562 g/mol. The molecule has 33 heavy (non-hydrogen) atoms. The molecule has 0 radical (unpaired) electrons. The molecule has 0 bridgehead atoms. The van der Waals surface area contributed by atoms with Crippen molar-refractivity contribution < 1.29 is 96.9 Å². The van der Waals surface area contributed by atoms with Crippen LogP contribution in [0.1, 0.15) is 0 Å². The summed E-state index contributed by atoms with van der Waals surface area (Å²) in [6.45, 7) is 0. The smallest absolute Gasteiger partial charge is 1.00 e. The molecule has 0 unspecified atom stereocenters. The van der Waals surface area contributed by atoms with Gasteiger partial charge < -0.3 is 13.5 Å². The molecular weight excluding hydrogens is 562 g/mol. The molecule has 0 spiro atoms. The van der Waals surface area contributed by atoms with E-state index in [0.29, 0.717) is 0 Å². The zero-order valence-electron chi connectivity index (χ0n) is 14.0. The van der Waals surface area contributed by atoms with E-state index in [1.165, 1.54) is 0 Å². The van der Waals surface area contributed by atoms with Gasteiger partial charge in [0.05, 0.1) is 6.43 Å². The number of hydrogen-bond acceptors (Lipinski definition) is 0. The Kier molecular flexibility index (Phi) is 10.1. The maximum absolute atomic E-state index is 13.1. The zero-order chi connectivity index (χ0) is 26.1. The van der Waals surface area contributed by atoms with Gasteiger partial charge in [-0.15, -0.1) is 0 Å². The molecule has 0 atom stereocenters. The molecule has 0 fully saturated rings. The predicted octanol–water partition coefficient (Wildman–Crippen LogP) is 3.68. The van der Waals surface area contributed by atoms with Crippen molar-refractivity contribution in [3.63, 3.8) is 0 Å². The Balaban J connectivity index is -0.00000450. The van der Waals surface area contributed by atoms with E-state index >= 15 is 0 Å². The molecule has 0 nitrogen and oxygen atoms in total. The van der Waals surface area contributed by atoms with Crippen LogP contribution in [0.25, 0.3) is 0 Å². The first-order valence-corrected chi connectivity index (χ1v) is 6.22. The minimum Gasteiger partial charge on any atom is -1.00 e. The molecule has 196 valence electrons. The summed E-state index contributed by atoms with van der Waals surface area (Å²) in [5.41, 5.74) is 0. The molecule has 0 saturated carbocycles. The van der Waals surface area contributed by atoms with E-state index in [1.54, 1.807) is 0 Å². The summed E-state index contributed by atoms with van der Waals surface area (Å²) in [6.07, 6.45) is -13.2. The van der Waals surface area contributed by atoms with Crippen molar-refractivity contribution in [3.05, 3.63) is 6.43 Å². The summed E-state index contributed by atoms with van der Waals surface area (Å²) >= 11 is 0. The topological polar surface area (TPSA) is 0 Å². The SMILES string of the molecule is F[C-](F)C(F)(F)C(F)(F)C(F)(F)C(F)(F)C(F)(F)C(F)(F)C(F)(F)C(F)(F)C(F)(F)F.[F-].[Mg+2]. The second kappa shape index (κ2) is 9.02. The summed E-state index contributed by atoms with van der Waals surface area (Å²) in [4.78, 5) is 0. The van der Waals surface area contributed by atoms with Gasteiger partial charge in [0.15, 0.2) is 0 Å². The van der Waals surface area contributed by atoms with Crippen LogP contribution < -0.4 is 4.70 Å². The van der Waals surface area contributed by atoms with Gasteiger partial charge in [0, 0.05) is 0 Å². The second-order valence-corrected chi connectivity index (χ2v) is 5.35. The van der Waals surface area contributed by atoms with Crippen LogP contribution >= 0.6 is 0 Å². The fraction of sp³-hybridized carbons (Fsp3) is 0.900. The molecule has 23 heteroatoms. The number of rotatable bonds is 8. The van der Waals surface area contributed by atoms with Gasteiger partial charge in [0.1, 0.15) is 0 Å². The van der Waals surface area contributed by atoms with E-state index in [-0.39, 0.29) is 27.8 Å². The molecule has 0 aromatic carbocycles. The summed E-state index contributed by atoms with van der Waals surface area (Å²) in [7, 11) is 0. The fourth-order valence-electron chi connectivity index (χ4n) is 1.48. The normalized spacial score (nSPS) is 15.8. The van der Waals surface area contributed by atoms with Gasteiger partial charge >= 0.3 is 70.7 Å². The Morgan fingerprint density at radius 1 is 0.333 bits per heavy atom. The molecule has 0 saturated heterocycles. The van der Waals surface area contributed by atoms with Crippen molar-refractivity contribution >= 4 is 23.1 Å². The van der Waals surface area contributed by atoms with Crippen molar-refractivity contribution in [3.8, 4) is 0 Å². The Morgan fingerprint density at radius 2 is 0.515 bits per heavy atom. The average molecular weight is 562 g/mol. The van der Waals surface area contributed by atoms with Crippen molar-refractivity contribution in [1.82, 2.24) is 0 Å². The van der Waals surface area contributed by atoms with Gasteiger partial charge in [-0.1, -0.05) is 0 Å². The zero-order valence-corrected chi connectivity index (χ0v) is 15.4. The van der Waals surface area contributed by atoms with Crippen molar-refractivity contribution in [1.29, 1.82) is 0 Å². The van der Waals surface area contributed by atoms with E-state index in [4.69, 9.17) is 0 Å². The summed E-state index contributed by atoms with van der Waals surface area (Å²) in [5, 5.41) is 0. The van der Waals surface area contributed by atoms with Gasteiger partial charge in [0.2, 0.25) is 0 Å². The fourth-order valence-corrected chi connectivity index (χ4v) is 1.48. The summed E-state index contributed by atoms with van der Waals surface area (Å²) in [5.74, 6) is -69.7. The minimum absolute atomic E-state index is 0. The second-order valence-electron chi connectivity index (χ2n) is 5.35. The minimum atomic E-state index is -9.12. The van der Waals surface area contributed by atoms with Gasteiger partial charge in [0.25, 0.3) is 5.92 Å². The maximum Gasteiger partial charge on any atom is 2.00 e. The van der Waals surface area contributed by atoms with Crippen LogP contribution in [0.5, 0.6) is 0 Å². The first kappa shape index (κ1) is 36.8. The van der Waals surface area contributed by atoms with Crippen LogP contribution in [-0.2, 0) is 0 Å². The first-order chi connectivity index (χ1) is 12.9. The van der Waals surface area contributed by atoms with Gasteiger partial charge in [-0.2, -0.15) is 74.6 Å². The maximum atomic E-state index is 13.1. The summed E-state index contributed by atoms with van der Waals surface area (Å²) < 4.78 is 264. The van der Waals surface area contributed by atoms with Crippen LogP contribution in [0.4, 0.5) is 92.2 Å². The third-order valence-corrected chi connectivity index (χ3v) is 3.35. The molecule has 0 aliphatic rings. The third kappa shape index (κ3) is 4.47. The molecular formula is C10F22Mg. The Bertz CT molecular complexity index is 657. The van der Waals surface area contributed by atoms with E-state index in [2.05, 4.69) is 0 Å². The quantitative estimate of drug-likeness (QED) is 0.241. The van der Waals surface area contributed by atoms with Crippen LogP contribution in [0.15, 0.2) is 0 Å². The van der Waals surface area contributed by atoms with Crippen molar-refractivity contribution in [2.45, 2.75) is 53.6 Å². The molecule has 0 N–H and O–H groups in total. The number of hydrogen-bond donors (Lipinski definition) is 0. The van der Waals surface area contributed by atoms with Crippen molar-refractivity contribution in [2.24, 2.45) is 0 Å². The number of halogens is 22. The average Bonchev–Trinajstić information content (AvgIpc) is 2.52. The van der Waals surface area contributed by atoms with Gasteiger partial charge in [-0.05, 0) is 0 Å². The molecule has 0 aliphatic heterocycles. The summed E-state index contributed by atoms with van der Waals surface area (Å²) in [6, 6.07) is 0. The van der Waals surface area contributed by atoms with Crippen LogP contribution in [0.2, 0.25) is 0 Å². The van der Waals surface area contributed by atoms with Crippen LogP contribution in [0.3, 0.4) is 0 Å². The molecule has 0 aromatic rings. The van der Waals surface area contributed by atoms with Gasteiger partial charge in [-0.25, -0.2) is 8.78 Å². The Labute approximate surface area is 180 Å². The molecule has 0 amide bonds. The Hall–Kier alpha value is -0.774. The first-order valence-electron chi connectivity index (χ1n) is 6.22.